The van der Waals surface area contributed by atoms with E-state index in [1.54, 1.807) is 12.5 Å². The summed E-state index contributed by atoms with van der Waals surface area (Å²) in [5.41, 5.74) is 3.66. The number of hydrogen-bond donors (Lipinski definition) is 1. The molecule has 1 aromatic carbocycles. The van der Waals surface area contributed by atoms with E-state index in [1.807, 2.05) is 6.07 Å². The highest BCUT2D eigenvalue weighted by atomic mass is 16.5. The summed E-state index contributed by atoms with van der Waals surface area (Å²) in [5, 5.41) is 3.34. The third-order valence-electron chi connectivity index (χ3n) is 3.24. The zero-order valence-electron chi connectivity index (χ0n) is 12.5. The molecule has 20 heavy (non-hydrogen) atoms. The van der Waals surface area contributed by atoms with Crippen molar-refractivity contribution in [2.45, 2.75) is 33.2 Å². The minimum absolute atomic E-state index is 0.476. The van der Waals surface area contributed by atoms with E-state index in [4.69, 9.17) is 9.15 Å². The van der Waals surface area contributed by atoms with E-state index in [1.165, 1.54) is 11.1 Å². The Balaban J connectivity index is 1.80. The van der Waals surface area contributed by atoms with Crippen molar-refractivity contribution in [3.05, 3.63) is 53.5 Å². The van der Waals surface area contributed by atoms with Gasteiger partial charge in [0.15, 0.2) is 0 Å². The molecule has 1 N–H and O–H groups in total. The Bertz CT molecular complexity index is 518. The van der Waals surface area contributed by atoms with E-state index in [0.29, 0.717) is 12.5 Å². The van der Waals surface area contributed by atoms with Crippen molar-refractivity contribution in [1.82, 2.24) is 5.32 Å². The number of benzene rings is 1. The Kier molecular flexibility index (Phi) is 5.24. The van der Waals surface area contributed by atoms with Gasteiger partial charge in [0.2, 0.25) is 0 Å². The van der Waals surface area contributed by atoms with Gasteiger partial charge in [-0.05, 0) is 36.1 Å². The van der Waals surface area contributed by atoms with Crippen molar-refractivity contribution in [1.29, 1.82) is 0 Å². The van der Waals surface area contributed by atoms with E-state index in [2.05, 4.69) is 44.3 Å². The molecule has 0 unspecified atom stereocenters. The van der Waals surface area contributed by atoms with Gasteiger partial charge in [-0.15, -0.1) is 0 Å². The fourth-order valence-corrected chi connectivity index (χ4v) is 2.10. The van der Waals surface area contributed by atoms with Crippen LogP contribution in [0.15, 0.2) is 41.2 Å². The summed E-state index contributed by atoms with van der Waals surface area (Å²) in [5.74, 6) is 1.48. The molecule has 0 aliphatic carbocycles. The first-order valence-electron chi connectivity index (χ1n) is 7.12. The second-order valence-electron chi connectivity index (χ2n) is 5.35. The number of furan rings is 1. The van der Waals surface area contributed by atoms with Crippen LogP contribution in [0.5, 0.6) is 5.75 Å². The van der Waals surface area contributed by atoms with Crippen LogP contribution in [0.2, 0.25) is 0 Å². The number of aryl methyl sites for hydroxylation is 1. The molecule has 108 valence electrons. The van der Waals surface area contributed by atoms with Crippen molar-refractivity contribution in [2.24, 2.45) is 0 Å². The molecule has 0 amide bonds. The fraction of sp³-hybridized carbons (Fsp3) is 0.412. The van der Waals surface area contributed by atoms with E-state index in [-0.39, 0.29) is 0 Å². The largest absolute Gasteiger partial charge is 0.492 e. The molecular weight excluding hydrogens is 250 g/mol. The maximum Gasteiger partial charge on any atom is 0.123 e. The van der Waals surface area contributed by atoms with Gasteiger partial charge in [0, 0.05) is 18.7 Å². The summed E-state index contributed by atoms with van der Waals surface area (Å²) in [6, 6.07) is 8.38. The first-order valence-corrected chi connectivity index (χ1v) is 7.12. The van der Waals surface area contributed by atoms with Gasteiger partial charge in [0.25, 0.3) is 0 Å². The molecule has 2 aromatic rings. The Labute approximate surface area is 121 Å². The Morgan fingerprint density at radius 1 is 1.25 bits per heavy atom. The van der Waals surface area contributed by atoms with Gasteiger partial charge < -0.3 is 14.5 Å². The Morgan fingerprint density at radius 3 is 2.80 bits per heavy atom. The van der Waals surface area contributed by atoms with Crippen molar-refractivity contribution < 1.29 is 9.15 Å². The molecular formula is C17H23NO2. The highest BCUT2D eigenvalue weighted by Crippen LogP contribution is 2.27. The van der Waals surface area contributed by atoms with Crippen molar-refractivity contribution in [2.75, 3.05) is 13.2 Å². The highest BCUT2D eigenvalue weighted by molar-refractivity contribution is 5.39. The van der Waals surface area contributed by atoms with Crippen LogP contribution in [0.4, 0.5) is 0 Å². The van der Waals surface area contributed by atoms with Crippen molar-refractivity contribution >= 4 is 0 Å². The fourth-order valence-electron chi connectivity index (χ4n) is 2.10. The Morgan fingerprint density at radius 2 is 2.10 bits per heavy atom. The van der Waals surface area contributed by atoms with Gasteiger partial charge >= 0.3 is 0 Å². The number of rotatable bonds is 7. The molecule has 0 aliphatic heterocycles. The van der Waals surface area contributed by atoms with Crippen LogP contribution >= 0.6 is 0 Å². The van der Waals surface area contributed by atoms with Crippen LogP contribution in [0.3, 0.4) is 0 Å². The summed E-state index contributed by atoms with van der Waals surface area (Å²) < 4.78 is 10.9. The molecule has 3 heteroatoms. The first kappa shape index (κ1) is 14.7. The topological polar surface area (TPSA) is 34.4 Å². The average Bonchev–Trinajstić information content (AvgIpc) is 2.91. The molecule has 0 saturated heterocycles. The van der Waals surface area contributed by atoms with Crippen LogP contribution in [-0.4, -0.2) is 13.2 Å². The van der Waals surface area contributed by atoms with Crippen molar-refractivity contribution in [3.63, 3.8) is 0 Å². The van der Waals surface area contributed by atoms with E-state index >= 15 is 0 Å². The smallest absolute Gasteiger partial charge is 0.123 e. The van der Waals surface area contributed by atoms with Crippen molar-refractivity contribution in [3.8, 4) is 5.75 Å². The van der Waals surface area contributed by atoms with Gasteiger partial charge in [-0.25, -0.2) is 0 Å². The second-order valence-corrected chi connectivity index (χ2v) is 5.35. The monoisotopic (exact) mass is 273 g/mol. The van der Waals surface area contributed by atoms with Gasteiger partial charge in [-0.3, -0.25) is 0 Å². The zero-order valence-corrected chi connectivity index (χ0v) is 12.5. The molecule has 0 atom stereocenters. The number of hydrogen-bond acceptors (Lipinski definition) is 3. The summed E-state index contributed by atoms with van der Waals surface area (Å²) in [7, 11) is 0. The molecule has 2 rings (SSSR count). The number of nitrogens with one attached hydrogen (secondary N) is 1. The molecule has 0 radical (unpaired) electrons. The summed E-state index contributed by atoms with van der Waals surface area (Å²) in [6.45, 7) is 8.76. The standard InChI is InChI=1S/C17H23NO2/c1-13(2)16-5-4-14(3)10-17(16)20-9-7-18-11-15-6-8-19-12-15/h4-6,8,10,12-13,18H,7,9,11H2,1-3H3. The van der Waals surface area contributed by atoms with Gasteiger partial charge in [0.1, 0.15) is 12.4 Å². The summed E-state index contributed by atoms with van der Waals surface area (Å²) in [4.78, 5) is 0. The lowest BCUT2D eigenvalue weighted by atomic mass is 10.0. The molecule has 1 aromatic heterocycles. The second kappa shape index (κ2) is 7.15. The van der Waals surface area contributed by atoms with Crippen LogP contribution in [0.25, 0.3) is 0 Å². The van der Waals surface area contributed by atoms with E-state index in [0.717, 1.165) is 24.4 Å². The van der Waals surface area contributed by atoms with Crippen LogP contribution in [0, 0.1) is 6.92 Å². The third-order valence-corrected chi connectivity index (χ3v) is 3.24. The van der Waals surface area contributed by atoms with Gasteiger partial charge in [-0.2, -0.15) is 0 Å². The normalized spacial score (nSPS) is 11.0. The molecule has 0 fully saturated rings. The maximum atomic E-state index is 5.91. The van der Waals surface area contributed by atoms with Gasteiger partial charge in [-0.1, -0.05) is 26.0 Å². The zero-order chi connectivity index (χ0) is 14.4. The SMILES string of the molecule is Cc1ccc(C(C)C)c(OCCNCc2ccoc2)c1. The van der Waals surface area contributed by atoms with Crippen LogP contribution in [0.1, 0.15) is 36.5 Å². The maximum absolute atomic E-state index is 5.91. The van der Waals surface area contributed by atoms with E-state index < -0.39 is 0 Å². The first-order chi connectivity index (χ1) is 9.66. The van der Waals surface area contributed by atoms with Crippen LogP contribution < -0.4 is 10.1 Å². The molecule has 3 nitrogen and oxygen atoms in total. The lowest BCUT2D eigenvalue weighted by molar-refractivity contribution is 0.309. The molecule has 0 bridgehead atoms. The van der Waals surface area contributed by atoms with E-state index in [9.17, 15) is 0 Å². The predicted molar refractivity (Wildman–Crippen MR) is 81.2 cm³/mol. The summed E-state index contributed by atoms with van der Waals surface area (Å²) in [6.07, 6.45) is 3.44. The molecule has 0 spiro atoms. The minimum Gasteiger partial charge on any atom is -0.492 e. The highest BCUT2D eigenvalue weighted by Gasteiger charge is 2.07. The number of ether oxygens (including phenoxy) is 1. The predicted octanol–water partition coefficient (Wildman–Crippen LogP) is 3.88. The van der Waals surface area contributed by atoms with Gasteiger partial charge in [0.05, 0.1) is 12.5 Å². The average molecular weight is 273 g/mol. The molecule has 1 heterocycles. The minimum atomic E-state index is 0.476. The molecule has 0 saturated carbocycles. The lowest BCUT2D eigenvalue weighted by Gasteiger charge is -2.15. The summed E-state index contributed by atoms with van der Waals surface area (Å²) >= 11 is 0. The molecule has 0 aliphatic rings. The Hall–Kier alpha value is -1.74. The quantitative estimate of drug-likeness (QED) is 0.777. The lowest BCUT2D eigenvalue weighted by Crippen LogP contribution is -2.20. The third kappa shape index (κ3) is 4.14. The van der Waals surface area contributed by atoms with Crippen LogP contribution in [-0.2, 0) is 6.54 Å².